The van der Waals surface area contributed by atoms with Crippen LogP contribution in [0.25, 0.3) is 10.9 Å². The summed E-state index contributed by atoms with van der Waals surface area (Å²) in [4.78, 5) is 40.7. The number of benzene rings is 1. The molecule has 0 saturated carbocycles. The van der Waals surface area contributed by atoms with Gasteiger partial charge in [-0.15, -0.1) is 0 Å². The van der Waals surface area contributed by atoms with Gasteiger partial charge in [0.25, 0.3) is 11.5 Å². The molecule has 148 valence electrons. The van der Waals surface area contributed by atoms with Crippen molar-refractivity contribution < 1.29 is 14.3 Å². The molecule has 2 aromatic rings. The van der Waals surface area contributed by atoms with E-state index in [1.54, 1.807) is 38.2 Å². The molecular formula is C20H24N4O4. The molecule has 0 saturated heterocycles. The van der Waals surface area contributed by atoms with Crippen molar-refractivity contribution in [2.24, 2.45) is 13.0 Å². The van der Waals surface area contributed by atoms with Gasteiger partial charge in [-0.2, -0.15) is 5.26 Å². The van der Waals surface area contributed by atoms with Crippen molar-refractivity contribution in [1.29, 1.82) is 5.26 Å². The van der Waals surface area contributed by atoms with E-state index in [1.807, 2.05) is 13.8 Å². The standard InChI is InChI=1S/C20H24N4O4/c1-13(2)20(3,12-21)23-17(25)11-28-18(26)10-9-16-22-15-8-6-5-7-14(15)19(27)24(16)4/h5-8,13H,9-11H2,1-4H3,(H,23,25)/t20-/m1/s1. The number of carbonyl (C=O) groups excluding carboxylic acids is 2. The number of aromatic nitrogens is 2. The Bertz CT molecular complexity index is 990. The molecule has 28 heavy (non-hydrogen) atoms. The summed E-state index contributed by atoms with van der Waals surface area (Å²) in [6, 6.07) is 9.06. The van der Waals surface area contributed by atoms with Crippen molar-refractivity contribution in [1.82, 2.24) is 14.9 Å². The van der Waals surface area contributed by atoms with Gasteiger partial charge in [-0.1, -0.05) is 26.0 Å². The number of rotatable bonds is 7. The van der Waals surface area contributed by atoms with Gasteiger partial charge in [0.1, 0.15) is 11.4 Å². The number of carbonyl (C=O) groups is 2. The van der Waals surface area contributed by atoms with Crippen molar-refractivity contribution in [3.63, 3.8) is 0 Å². The van der Waals surface area contributed by atoms with E-state index in [0.29, 0.717) is 16.7 Å². The lowest BCUT2D eigenvalue weighted by Gasteiger charge is -2.27. The van der Waals surface area contributed by atoms with Gasteiger partial charge < -0.3 is 10.1 Å². The summed E-state index contributed by atoms with van der Waals surface area (Å²) in [6.45, 7) is 4.78. The first-order valence-electron chi connectivity index (χ1n) is 9.00. The fourth-order valence-corrected chi connectivity index (χ4v) is 2.55. The van der Waals surface area contributed by atoms with E-state index in [4.69, 9.17) is 4.74 Å². The number of nitrogens with one attached hydrogen (secondary N) is 1. The normalized spacial score (nSPS) is 13.0. The predicted molar refractivity (Wildman–Crippen MR) is 103 cm³/mol. The number of ether oxygens (including phenoxy) is 1. The summed E-state index contributed by atoms with van der Waals surface area (Å²) in [5, 5.41) is 12.3. The van der Waals surface area contributed by atoms with Crippen LogP contribution in [0.15, 0.2) is 29.1 Å². The number of hydrogen-bond acceptors (Lipinski definition) is 6. The van der Waals surface area contributed by atoms with E-state index in [0.717, 1.165) is 0 Å². The van der Waals surface area contributed by atoms with E-state index in [1.165, 1.54) is 4.57 Å². The van der Waals surface area contributed by atoms with Gasteiger partial charge >= 0.3 is 5.97 Å². The molecule has 1 aromatic heterocycles. The number of para-hydroxylation sites is 1. The molecule has 8 heteroatoms. The van der Waals surface area contributed by atoms with Crippen LogP contribution in [0.3, 0.4) is 0 Å². The topological polar surface area (TPSA) is 114 Å². The van der Waals surface area contributed by atoms with Gasteiger partial charge in [0.05, 0.1) is 23.4 Å². The van der Waals surface area contributed by atoms with Crippen molar-refractivity contribution in [3.8, 4) is 6.07 Å². The Kier molecular flexibility index (Phi) is 6.52. The van der Waals surface area contributed by atoms with Gasteiger partial charge in [0, 0.05) is 13.5 Å². The van der Waals surface area contributed by atoms with Crippen molar-refractivity contribution >= 4 is 22.8 Å². The van der Waals surface area contributed by atoms with E-state index < -0.39 is 24.0 Å². The second-order valence-electron chi connectivity index (χ2n) is 7.09. The van der Waals surface area contributed by atoms with Crippen LogP contribution in [-0.4, -0.2) is 33.6 Å². The Morgan fingerprint density at radius 2 is 2.04 bits per heavy atom. The number of amides is 1. The highest BCUT2D eigenvalue weighted by molar-refractivity contribution is 5.81. The molecule has 1 atom stereocenters. The monoisotopic (exact) mass is 384 g/mol. The minimum Gasteiger partial charge on any atom is -0.456 e. The first-order valence-corrected chi connectivity index (χ1v) is 9.00. The largest absolute Gasteiger partial charge is 0.456 e. The molecular weight excluding hydrogens is 360 g/mol. The van der Waals surface area contributed by atoms with E-state index in [9.17, 15) is 19.6 Å². The minimum atomic E-state index is -1.03. The summed E-state index contributed by atoms with van der Waals surface area (Å²) in [6.07, 6.45) is 0.185. The maximum absolute atomic E-state index is 12.4. The maximum atomic E-state index is 12.4. The van der Waals surface area contributed by atoms with Crippen LogP contribution in [-0.2, 0) is 27.8 Å². The average molecular weight is 384 g/mol. The van der Waals surface area contributed by atoms with Crippen molar-refractivity contribution in [2.45, 2.75) is 39.2 Å². The zero-order valence-electron chi connectivity index (χ0n) is 16.5. The quantitative estimate of drug-likeness (QED) is 0.723. The Morgan fingerprint density at radius 1 is 1.36 bits per heavy atom. The maximum Gasteiger partial charge on any atom is 0.306 e. The van der Waals surface area contributed by atoms with E-state index >= 15 is 0 Å². The number of esters is 1. The highest BCUT2D eigenvalue weighted by Gasteiger charge is 2.30. The lowest BCUT2D eigenvalue weighted by Crippen LogP contribution is -2.50. The molecule has 0 spiro atoms. The molecule has 8 nitrogen and oxygen atoms in total. The molecule has 1 aromatic carbocycles. The van der Waals surface area contributed by atoms with Crippen LogP contribution in [0.4, 0.5) is 0 Å². The van der Waals surface area contributed by atoms with Gasteiger partial charge in [0.2, 0.25) is 0 Å². The molecule has 0 aliphatic rings. The van der Waals surface area contributed by atoms with Gasteiger partial charge in [-0.05, 0) is 25.0 Å². The van der Waals surface area contributed by atoms with Gasteiger partial charge in [-0.3, -0.25) is 19.0 Å². The van der Waals surface area contributed by atoms with Crippen LogP contribution in [0.2, 0.25) is 0 Å². The summed E-state index contributed by atoms with van der Waals surface area (Å²) in [5.41, 5.74) is -0.646. The molecule has 1 heterocycles. The van der Waals surface area contributed by atoms with Gasteiger partial charge in [0.15, 0.2) is 6.61 Å². The molecule has 0 fully saturated rings. The molecule has 0 radical (unpaired) electrons. The SMILES string of the molecule is CC(C)[C@@](C)(C#N)NC(=O)COC(=O)CCc1nc2ccccc2c(=O)n1C. The highest BCUT2D eigenvalue weighted by Crippen LogP contribution is 2.15. The second-order valence-corrected chi connectivity index (χ2v) is 7.09. The second kappa shape index (κ2) is 8.65. The van der Waals surface area contributed by atoms with Crippen molar-refractivity contribution in [2.75, 3.05) is 6.61 Å². The average Bonchev–Trinajstić information content (AvgIpc) is 2.67. The smallest absolute Gasteiger partial charge is 0.306 e. The predicted octanol–water partition coefficient (Wildman–Crippen LogP) is 1.46. The fourth-order valence-electron chi connectivity index (χ4n) is 2.55. The Morgan fingerprint density at radius 3 is 2.68 bits per heavy atom. The first-order chi connectivity index (χ1) is 13.2. The Hall–Kier alpha value is -3.21. The third-order valence-corrected chi connectivity index (χ3v) is 4.78. The van der Waals surface area contributed by atoms with Crippen LogP contribution < -0.4 is 10.9 Å². The molecule has 2 rings (SSSR count). The fraction of sp³-hybridized carbons (Fsp3) is 0.450. The molecule has 1 amide bonds. The van der Waals surface area contributed by atoms with Crippen LogP contribution in [0, 0.1) is 17.2 Å². The lowest BCUT2D eigenvalue weighted by atomic mass is 9.90. The summed E-state index contributed by atoms with van der Waals surface area (Å²) in [5.74, 6) is -0.762. The highest BCUT2D eigenvalue weighted by atomic mass is 16.5. The van der Waals surface area contributed by atoms with Crippen molar-refractivity contribution in [3.05, 3.63) is 40.4 Å². The molecule has 1 N–H and O–H groups in total. The summed E-state index contributed by atoms with van der Waals surface area (Å²) in [7, 11) is 1.60. The number of nitrogens with zero attached hydrogens (tertiary/aromatic N) is 3. The number of nitriles is 1. The van der Waals surface area contributed by atoms with Crippen LogP contribution in [0.5, 0.6) is 0 Å². The lowest BCUT2D eigenvalue weighted by molar-refractivity contribution is -0.149. The van der Waals surface area contributed by atoms with Gasteiger partial charge in [-0.25, -0.2) is 4.98 Å². The molecule has 0 aliphatic heterocycles. The Labute approximate surface area is 163 Å². The minimum absolute atomic E-state index is 0.0222. The van der Waals surface area contributed by atoms with E-state index in [2.05, 4.69) is 16.4 Å². The van der Waals surface area contributed by atoms with Crippen LogP contribution >= 0.6 is 0 Å². The zero-order chi connectivity index (χ0) is 20.9. The van der Waals surface area contributed by atoms with E-state index in [-0.39, 0.29) is 24.3 Å². The molecule has 0 bridgehead atoms. The zero-order valence-corrected chi connectivity index (χ0v) is 16.5. The van der Waals surface area contributed by atoms with Crippen LogP contribution in [0.1, 0.15) is 33.0 Å². The number of fused-ring (bicyclic) bond motifs is 1. The first kappa shape index (κ1) is 21.1. The third kappa shape index (κ3) is 4.74. The summed E-state index contributed by atoms with van der Waals surface area (Å²) >= 11 is 0. The summed E-state index contributed by atoms with van der Waals surface area (Å²) < 4.78 is 6.38. The number of hydrogen-bond donors (Lipinski definition) is 1. The number of aryl methyl sites for hydroxylation is 1. The Balaban J connectivity index is 1.94. The molecule has 0 unspecified atom stereocenters. The molecule has 0 aliphatic carbocycles. The third-order valence-electron chi connectivity index (χ3n) is 4.78.